The molecule has 1 fully saturated rings. The van der Waals surface area contributed by atoms with Gasteiger partial charge in [0.25, 0.3) is 0 Å². The van der Waals surface area contributed by atoms with Crippen molar-refractivity contribution in [2.45, 2.75) is 52.6 Å². The largest absolute Gasteiger partial charge is 0.393 e. The lowest BCUT2D eigenvalue weighted by Gasteiger charge is -2.23. The highest BCUT2D eigenvalue weighted by Gasteiger charge is 2.17. The van der Waals surface area contributed by atoms with E-state index in [9.17, 15) is 5.11 Å². The monoisotopic (exact) mass is 144 g/mol. The standard InChI is InChI=1S/C7H14O.C2H6/c1-6-4-2-3-5-7(6)8;1-2/h6-8H,2-5H2,1H3;1-2H3/t6-,7-;/m1./s1. The molecule has 0 aliphatic heterocycles. The minimum Gasteiger partial charge on any atom is -0.393 e. The van der Waals surface area contributed by atoms with Crippen LogP contribution < -0.4 is 0 Å². The van der Waals surface area contributed by atoms with E-state index in [2.05, 4.69) is 6.92 Å². The Morgan fingerprint density at radius 3 is 1.90 bits per heavy atom. The molecule has 0 amide bonds. The van der Waals surface area contributed by atoms with Crippen LogP contribution in [0.5, 0.6) is 0 Å². The van der Waals surface area contributed by atoms with Gasteiger partial charge in [-0.1, -0.05) is 33.6 Å². The summed E-state index contributed by atoms with van der Waals surface area (Å²) in [5.74, 6) is 0.559. The zero-order valence-corrected chi connectivity index (χ0v) is 7.43. The predicted octanol–water partition coefficient (Wildman–Crippen LogP) is 2.58. The van der Waals surface area contributed by atoms with E-state index in [1.54, 1.807) is 0 Å². The van der Waals surface area contributed by atoms with Crippen molar-refractivity contribution in [3.63, 3.8) is 0 Å². The molecule has 0 radical (unpaired) electrons. The first-order chi connectivity index (χ1) is 4.80. The Hall–Kier alpha value is -0.0400. The van der Waals surface area contributed by atoms with Crippen molar-refractivity contribution in [3.05, 3.63) is 0 Å². The lowest BCUT2D eigenvalue weighted by atomic mass is 9.88. The smallest absolute Gasteiger partial charge is 0.0565 e. The highest BCUT2D eigenvalue weighted by Crippen LogP contribution is 2.22. The normalized spacial score (nSPS) is 32.4. The molecule has 1 heteroatoms. The fourth-order valence-electron chi connectivity index (χ4n) is 1.30. The maximum Gasteiger partial charge on any atom is 0.0565 e. The van der Waals surface area contributed by atoms with E-state index in [1.165, 1.54) is 19.3 Å². The summed E-state index contributed by atoms with van der Waals surface area (Å²) in [5.41, 5.74) is 0. The van der Waals surface area contributed by atoms with Gasteiger partial charge in [-0.05, 0) is 18.8 Å². The molecule has 2 atom stereocenters. The van der Waals surface area contributed by atoms with Crippen LogP contribution in [0.2, 0.25) is 0 Å². The fraction of sp³-hybridized carbons (Fsp3) is 1.00. The van der Waals surface area contributed by atoms with Crippen LogP contribution in [0.3, 0.4) is 0 Å². The summed E-state index contributed by atoms with van der Waals surface area (Å²) >= 11 is 0. The molecule has 0 heterocycles. The van der Waals surface area contributed by atoms with Gasteiger partial charge in [0.15, 0.2) is 0 Å². The van der Waals surface area contributed by atoms with Gasteiger partial charge in [-0.15, -0.1) is 0 Å². The van der Waals surface area contributed by atoms with Gasteiger partial charge in [-0.2, -0.15) is 0 Å². The average molecular weight is 144 g/mol. The average Bonchev–Trinajstić information content (AvgIpc) is 2.00. The maximum atomic E-state index is 9.18. The van der Waals surface area contributed by atoms with Gasteiger partial charge in [0.2, 0.25) is 0 Å². The molecule has 1 rings (SSSR count). The lowest BCUT2D eigenvalue weighted by molar-refractivity contribution is 0.0793. The quantitative estimate of drug-likeness (QED) is 0.554. The number of hydrogen-bond acceptors (Lipinski definition) is 1. The molecule has 0 aromatic heterocycles. The van der Waals surface area contributed by atoms with Crippen LogP contribution in [0.25, 0.3) is 0 Å². The molecule has 10 heavy (non-hydrogen) atoms. The Morgan fingerprint density at radius 2 is 1.60 bits per heavy atom. The molecule has 62 valence electrons. The van der Waals surface area contributed by atoms with E-state index in [0.717, 1.165) is 6.42 Å². The zero-order valence-electron chi connectivity index (χ0n) is 7.43. The van der Waals surface area contributed by atoms with Crippen molar-refractivity contribution in [1.82, 2.24) is 0 Å². The van der Waals surface area contributed by atoms with Crippen molar-refractivity contribution >= 4 is 0 Å². The third-order valence-electron chi connectivity index (χ3n) is 2.07. The zero-order chi connectivity index (χ0) is 7.98. The van der Waals surface area contributed by atoms with Crippen molar-refractivity contribution in [3.8, 4) is 0 Å². The first-order valence-electron chi connectivity index (χ1n) is 4.49. The molecule has 0 saturated heterocycles. The van der Waals surface area contributed by atoms with Crippen molar-refractivity contribution < 1.29 is 5.11 Å². The van der Waals surface area contributed by atoms with Crippen LogP contribution in [-0.4, -0.2) is 11.2 Å². The van der Waals surface area contributed by atoms with E-state index in [1.807, 2.05) is 13.8 Å². The van der Waals surface area contributed by atoms with Crippen molar-refractivity contribution in [2.24, 2.45) is 5.92 Å². The van der Waals surface area contributed by atoms with E-state index in [0.29, 0.717) is 5.92 Å². The first-order valence-corrected chi connectivity index (χ1v) is 4.49. The fourth-order valence-corrected chi connectivity index (χ4v) is 1.30. The number of aliphatic hydroxyl groups excluding tert-OH is 1. The van der Waals surface area contributed by atoms with Gasteiger partial charge < -0.3 is 5.11 Å². The Bertz CT molecular complexity index is 61.1. The van der Waals surface area contributed by atoms with Gasteiger partial charge >= 0.3 is 0 Å². The summed E-state index contributed by atoms with van der Waals surface area (Å²) in [4.78, 5) is 0. The van der Waals surface area contributed by atoms with E-state index in [-0.39, 0.29) is 6.10 Å². The van der Waals surface area contributed by atoms with E-state index >= 15 is 0 Å². The van der Waals surface area contributed by atoms with Crippen LogP contribution in [0.15, 0.2) is 0 Å². The molecule has 1 aliphatic rings. The lowest BCUT2D eigenvalue weighted by Crippen LogP contribution is -2.21. The molecule has 0 spiro atoms. The second kappa shape index (κ2) is 5.72. The molecule has 0 aromatic carbocycles. The minimum absolute atomic E-state index is 0.00347. The Balaban J connectivity index is 0.000000371. The van der Waals surface area contributed by atoms with Crippen LogP contribution >= 0.6 is 0 Å². The molecular weight excluding hydrogens is 124 g/mol. The molecule has 0 bridgehead atoms. The second-order valence-electron chi connectivity index (χ2n) is 2.83. The Labute approximate surface area is 64.5 Å². The van der Waals surface area contributed by atoms with Gasteiger partial charge in [0.05, 0.1) is 6.10 Å². The minimum atomic E-state index is 0.00347. The van der Waals surface area contributed by atoms with Crippen molar-refractivity contribution in [2.75, 3.05) is 0 Å². The van der Waals surface area contributed by atoms with Gasteiger partial charge in [-0.3, -0.25) is 0 Å². The van der Waals surface area contributed by atoms with E-state index < -0.39 is 0 Å². The molecule has 0 aromatic rings. The first kappa shape index (κ1) is 9.96. The summed E-state index contributed by atoms with van der Waals surface area (Å²) in [7, 11) is 0. The van der Waals surface area contributed by atoms with Crippen molar-refractivity contribution in [1.29, 1.82) is 0 Å². The molecule has 1 N–H and O–H groups in total. The summed E-state index contributed by atoms with van der Waals surface area (Å²) in [6.07, 6.45) is 4.80. The van der Waals surface area contributed by atoms with Crippen LogP contribution in [0.1, 0.15) is 46.5 Å². The molecular formula is C9H20O. The maximum absolute atomic E-state index is 9.18. The summed E-state index contributed by atoms with van der Waals surface area (Å²) < 4.78 is 0. The third kappa shape index (κ3) is 3.21. The molecule has 1 nitrogen and oxygen atoms in total. The topological polar surface area (TPSA) is 20.2 Å². The molecule has 1 aliphatic carbocycles. The second-order valence-corrected chi connectivity index (χ2v) is 2.83. The number of rotatable bonds is 0. The summed E-state index contributed by atoms with van der Waals surface area (Å²) in [6, 6.07) is 0. The highest BCUT2D eigenvalue weighted by atomic mass is 16.3. The Morgan fingerprint density at radius 1 is 1.10 bits per heavy atom. The van der Waals surface area contributed by atoms with Crippen LogP contribution in [0.4, 0.5) is 0 Å². The molecule has 1 saturated carbocycles. The summed E-state index contributed by atoms with van der Waals surface area (Å²) in [5, 5.41) is 9.18. The van der Waals surface area contributed by atoms with Gasteiger partial charge in [0.1, 0.15) is 0 Å². The predicted molar refractivity (Wildman–Crippen MR) is 45.0 cm³/mol. The van der Waals surface area contributed by atoms with Gasteiger partial charge in [0, 0.05) is 0 Å². The van der Waals surface area contributed by atoms with Gasteiger partial charge in [-0.25, -0.2) is 0 Å². The Kier molecular flexibility index (Phi) is 5.70. The third-order valence-corrected chi connectivity index (χ3v) is 2.07. The van der Waals surface area contributed by atoms with Crippen LogP contribution in [0, 0.1) is 5.92 Å². The van der Waals surface area contributed by atoms with E-state index in [4.69, 9.17) is 0 Å². The van der Waals surface area contributed by atoms with Crippen LogP contribution in [-0.2, 0) is 0 Å². The number of aliphatic hydroxyl groups is 1. The highest BCUT2D eigenvalue weighted by molar-refractivity contribution is 4.69. The number of hydrogen-bond donors (Lipinski definition) is 1. The molecule has 0 unspecified atom stereocenters. The SMILES string of the molecule is CC.C[C@@H]1CCCC[C@H]1O. The summed E-state index contributed by atoms with van der Waals surface area (Å²) in [6.45, 7) is 6.13.